The number of amides is 3. The highest BCUT2D eigenvalue weighted by atomic mass is 16.5. The van der Waals surface area contributed by atoms with Crippen LogP contribution in [0.3, 0.4) is 0 Å². The van der Waals surface area contributed by atoms with Crippen molar-refractivity contribution in [3.63, 3.8) is 0 Å². The number of primary amides is 1. The molecule has 1 aliphatic rings. The maximum Gasteiger partial charge on any atom is 0.256 e. The van der Waals surface area contributed by atoms with Gasteiger partial charge in [0.1, 0.15) is 5.75 Å². The maximum atomic E-state index is 13.4. The molecule has 0 aromatic heterocycles. The number of hydrogen-bond donors (Lipinski definition) is 3. The first kappa shape index (κ1) is 24.2. The van der Waals surface area contributed by atoms with Crippen LogP contribution in [0.1, 0.15) is 50.4 Å². The Bertz CT molecular complexity index is 829. The van der Waals surface area contributed by atoms with Gasteiger partial charge in [-0.2, -0.15) is 0 Å². The molecule has 1 fully saturated rings. The molecular formula is C23H34N4O4. The highest BCUT2D eigenvalue weighted by Gasteiger charge is 2.28. The van der Waals surface area contributed by atoms with E-state index in [0.29, 0.717) is 54.0 Å². The van der Waals surface area contributed by atoms with Gasteiger partial charge in [-0.25, -0.2) is 0 Å². The van der Waals surface area contributed by atoms with E-state index in [1.807, 2.05) is 4.90 Å². The van der Waals surface area contributed by atoms with Crippen molar-refractivity contribution in [3.8, 4) is 5.75 Å². The second-order valence-electron chi connectivity index (χ2n) is 8.48. The molecule has 0 bridgehead atoms. The number of nitrogens with one attached hydrogen (secondary N) is 2. The number of likely N-dealkylation sites (tertiary alicyclic amines) is 1. The van der Waals surface area contributed by atoms with Crippen molar-refractivity contribution in [1.29, 1.82) is 0 Å². The van der Waals surface area contributed by atoms with Gasteiger partial charge < -0.3 is 26.0 Å². The van der Waals surface area contributed by atoms with Crippen LogP contribution in [-0.2, 0) is 9.59 Å². The SMILES string of the molecule is C=C(Nc1ccc(OC)cc1C(=O)N1C[C@H](C)C[C@H](C)C1)[C@H](CCC(N)=O)NC(C)=O. The van der Waals surface area contributed by atoms with Crippen molar-refractivity contribution in [2.24, 2.45) is 17.6 Å². The van der Waals surface area contributed by atoms with Gasteiger partial charge in [-0.05, 0) is 42.9 Å². The van der Waals surface area contributed by atoms with Gasteiger partial charge in [0.2, 0.25) is 11.8 Å². The van der Waals surface area contributed by atoms with E-state index in [9.17, 15) is 14.4 Å². The Kier molecular flexibility index (Phi) is 8.47. The molecule has 0 aliphatic carbocycles. The number of rotatable bonds is 9. The number of nitrogens with two attached hydrogens (primary N) is 1. The Morgan fingerprint density at radius 3 is 2.45 bits per heavy atom. The molecule has 0 radical (unpaired) electrons. The molecule has 8 heteroatoms. The first-order valence-electron chi connectivity index (χ1n) is 10.6. The van der Waals surface area contributed by atoms with Crippen LogP contribution in [0.15, 0.2) is 30.5 Å². The van der Waals surface area contributed by atoms with Gasteiger partial charge in [-0.3, -0.25) is 14.4 Å². The van der Waals surface area contributed by atoms with E-state index in [1.54, 1.807) is 25.3 Å². The lowest BCUT2D eigenvalue weighted by molar-refractivity contribution is -0.121. The Hall–Kier alpha value is -3.03. The summed E-state index contributed by atoms with van der Waals surface area (Å²) in [6, 6.07) is 4.71. The van der Waals surface area contributed by atoms with E-state index in [0.717, 1.165) is 6.42 Å². The molecular weight excluding hydrogens is 396 g/mol. The molecule has 3 atom stereocenters. The lowest BCUT2D eigenvalue weighted by Gasteiger charge is -2.35. The standard InChI is InChI=1S/C23H34N4O4/c1-14-10-15(2)13-27(12-14)23(30)19-11-18(31-5)6-7-21(19)25-16(3)20(26-17(4)28)8-9-22(24)29/h6-7,11,14-15,20,25H,3,8-10,12-13H2,1-2,4-5H3,(H2,24,29)(H,26,28)/t14-,15+,20-/m0/s1. The summed E-state index contributed by atoms with van der Waals surface area (Å²) < 4.78 is 5.33. The van der Waals surface area contributed by atoms with Gasteiger partial charge in [-0.1, -0.05) is 20.4 Å². The number of ether oxygens (including phenoxy) is 1. The highest BCUT2D eigenvalue weighted by molar-refractivity contribution is 6.00. The monoisotopic (exact) mass is 430 g/mol. The number of nitrogens with zero attached hydrogens (tertiary/aromatic N) is 1. The molecule has 4 N–H and O–H groups in total. The first-order chi connectivity index (χ1) is 14.6. The van der Waals surface area contributed by atoms with Crippen LogP contribution in [-0.4, -0.2) is 48.9 Å². The first-order valence-corrected chi connectivity index (χ1v) is 10.6. The van der Waals surface area contributed by atoms with Crippen LogP contribution in [0.25, 0.3) is 0 Å². The number of carbonyl (C=O) groups excluding carboxylic acids is 3. The third kappa shape index (κ3) is 7.01. The largest absolute Gasteiger partial charge is 0.497 e. The van der Waals surface area contributed by atoms with Crippen molar-refractivity contribution in [1.82, 2.24) is 10.2 Å². The minimum atomic E-state index is -0.509. The molecule has 1 heterocycles. The van der Waals surface area contributed by atoms with Crippen LogP contribution in [0, 0.1) is 11.8 Å². The molecule has 3 amide bonds. The van der Waals surface area contributed by atoms with Crippen molar-refractivity contribution >= 4 is 23.4 Å². The number of piperidine rings is 1. The molecule has 170 valence electrons. The lowest BCUT2D eigenvalue weighted by Crippen LogP contribution is -2.43. The van der Waals surface area contributed by atoms with Gasteiger partial charge in [0.15, 0.2) is 0 Å². The molecule has 2 rings (SSSR count). The summed E-state index contributed by atoms with van der Waals surface area (Å²) in [5, 5.41) is 5.94. The summed E-state index contributed by atoms with van der Waals surface area (Å²) in [4.78, 5) is 38.1. The second kappa shape index (κ2) is 10.8. The van der Waals surface area contributed by atoms with E-state index in [1.165, 1.54) is 6.92 Å². The van der Waals surface area contributed by atoms with Crippen LogP contribution < -0.4 is 21.1 Å². The zero-order valence-corrected chi connectivity index (χ0v) is 18.9. The zero-order valence-electron chi connectivity index (χ0n) is 18.9. The molecule has 0 spiro atoms. The summed E-state index contributed by atoms with van der Waals surface area (Å²) in [6.07, 6.45) is 1.51. The molecule has 1 aromatic carbocycles. The fourth-order valence-corrected chi connectivity index (χ4v) is 4.06. The van der Waals surface area contributed by atoms with Crippen LogP contribution in [0.5, 0.6) is 5.75 Å². The van der Waals surface area contributed by atoms with Crippen molar-refractivity contribution < 1.29 is 19.1 Å². The third-order valence-electron chi connectivity index (χ3n) is 5.39. The molecule has 8 nitrogen and oxygen atoms in total. The molecule has 1 aromatic rings. The molecule has 0 saturated carbocycles. The fraction of sp³-hybridized carbons (Fsp3) is 0.522. The maximum absolute atomic E-state index is 13.4. The van der Waals surface area contributed by atoms with E-state index in [-0.39, 0.29) is 18.2 Å². The van der Waals surface area contributed by atoms with Gasteiger partial charge in [-0.15, -0.1) is 0 Å². The van der Waals surface area contributed by atoms with Gasteiger partial charge >= 0.3 is 0 Å². The quantitative estimate of drug-likeness (QED) is 0.557. The summed E-state index contributed by atoms with van der Waals surface area (Å²) in [5.41, 5.74) is 6.76. The minimum absolute atomic E-state index is 0.0826. The highest BCUT2D eigenvalue weighted by Crippen LogP contribution is 2.28. The predicted molar refractivity (Wildman–Crippen MR) is 121 cm³/mol. The van der Waals surface area contributed by atoms with Crippen molar-refractivity contribution in [3.05, 3.63) is 36.0 Å². The average molecular weight is 431 g/mol. The number of anilines is 1. The summed E-state index contributed by atoms with van der Waals surface area (Å²) >= 11 is 0. The van der Waals surface area contributed by atoms with E-state index in [4.69, 9.17) is 10.5 Å². The Labute approximate surface area is 184 Å². The Morgan fingerprint density at radius 1 is 1.26 bits per heavy atom. The average Bonchev–Trinajstić information content (AvgIpc) is 2.69. The number of methoxy groups -OCH3 is 1. The van der Waals surface area contributed by atoms with Gasteiger partial charge in [0.25, 0.3) is 5.91 Å². The van der Waals surface area contributed by atoms with E-state index in [2.05, 4.69) is 31.1 Å². The molecule has 1 saturated heterocycles. The molecule has 1 aliphatic heterocycles. The Balaban J connectivity index is 2.28. The second-order valence-corrected chi connectivity index (χ2v) is 8.48. The van der Waals surface area contributed by atoms with Crippen molar-refractivity contribution in [2.75, 3.05) is 25.5 Å². The number of hydrogen-bond acceptors (Lipinski definition) is 5. The molecule has 0 unspecified atom stereocenters. The summed E-state index contributed by atoms with van der Waals surface area (Å²) in [5.74, 6) is 0.646. The predicted octanol–water partition coefficient (Wildman–Crippen LogP) is 2.51. The Morgan fingerprint density at radius 2 is 1.90 bits per heavy atom. The normalized spacial score (nSPS) is 19.3. The summed E-state index contributed by atoms with van der Waals surface area (Å²) in [7, 11) is 1.55. The van der Waals surface area contributed by atoms with Crippen LogP contribution in [0.4, 0.5) is 5.69 Å². The molecule has 31 heavy (non-hydrogen) atoms. The fourth-order valence-electron chi connectivity index (χ4n) is 4.06. The van der Waals surface area contributed by atoms with Crippen LogP contribution in [0.2, 0.25) is 0 Å². The van der Waals surface area contributed by atoms with E-state index < -0.39 is 11.9 Å². The topological polar surface area (TPSA) is 114 Å². The zero-order chi connectivity index (χ0) is 23.1. The third-order valence-corrected chi connectivity index (χ3v) is 5.39. The lowest BCUT2D eigenvalue weighted by atomic mass is 9.91. The van der Waals surface area contributed by atoms with Crippen molar-refractivity contribution in [2.45, 2.75) is 46.1 Å². The smallest absolute Gasteiger partial charge is 0.256 e. The summed E-state index contributed by atoms with van der Waals surface area (Å²) in [6.45, 7) is 11.1. The van der Waals surface area contributed by atoms with E-state index >= 15 is 0 Å². The number of carbonyl (C=O) groups is 3. The van der Waals surface area contributed by atoms with Crippen LogP contribution >= 0.6 is 0 Å². The number of benzene rings is 1. The minimum Gasteiger partial charge on any atom is -0.497 e. The van der Waals surface area contributed by atoms with Gasteiger partial charge in [0, 0.05) is 32.1 Å². The van der Waals surface area contributed by atoms with Gasteiger partial charge in [0.05, 0.1) is 24.4 Å².